The molecule has 1 amide bonds. The van der Waals surface area contributed by atoms with Crippen molar-refractivity contribution in [2.75, 3.05) is 37.6 Å². The second-order valence-corrected chi connectivity index (χ2v) is 6.58. The van der Waals surface area contributed by atoms with E-state index < -0.39 is 0 Å². The van der Waals surface area contributed by atoms with Crippen LogP contribution < -0.4 is 10.2 Å². The van der Waals surface area contributed by atoms with Crippen molar-refractivity contribution in [2.24, 2.45) is 5.92 Å². The van der Waals surface area contributed by atoms with Crippen molar-refractivity contribution in [3.8, 4) is 0 Å². The van der Waals surface area contributed by atoms with Crippen molar-refractivity contribution in [3.05, 3.63) is 18.0 Å². The lowest BCUT2D eigenvalue weighted by Crippen LogP contribution is -2.48. The van der Waals surface area contributed by atoms with Gasteiger partial charge in [-0.05, 0) is 19.8 Å². The first kappa shape index (κ1) is 16.7. The van der Waals surface area contributed by atoms with Gasteiger partial charge >= 0.3 is 0 Å². The molecule has 122 valence electrons. The summed E-state index contributed by atoms with van der Waals surface area (Å²) in [5.41, 5.74) is 0.510. The van der Waals surface area contributed by atoms with Crippen LogP contribution >= 0.6 is 0 Å². The Morgan fingerprint density at radius 3 is 2.23 bits per heavy atom. The van der Waals surface area contributed by atoms with Gasteiger partial charge in [-0.1, -0.05) is 13.8 Å². The van der Waals surface area contributed by atoms with Crippen LogP contribution in [0.25, 0.3) is 0 Å². The molecule has 1 aromatic heterocycles. The molecule has 6 nitrogen and oxygen atoms in total. The van der Waals surface area contributed by atoms with Crippen LogP contribution in [0.3, 0.4) is 0 Å². The van der Waals surface area contributed by atoms with Gasteiger partial charge in [-0.3, -0.25) is 9.69 Å². The largest absolute Gasteiger partial charge is 0.350 e. The fraction of sp³-hybridized carbons (Fsp3) is 0.688. The first-order valence-corrected chi connectivity index (χ1v) is 8.06. The topological polar surface area (TPSA) is 61.4 Å². The van der Waals surface area contributed by atoms with Crippen molar-refractivity contribution in [1.29, 1.82) is 0 Å². The summed E-state index contributed by atoms with van der Waals surface area (Å²) >= 11 is 0. The van der Waals surface area contributed by atoms with E-state index in [4.69, 9.17) is 0 Å². The minimum Gasteiger partial charge on any atom is -0.350 e. The fourth-order valence-electron chi connectivity index (χ4n) is 2.59. The third-order valence-electron chi connectivity index (χ3n) is 3.60. The highest BCUT2D eigenvalue weighted by molar-refractivity contribution is 5.93. The monoisotopic (exact) mass is 305 g/mol. The van der Waals surface area contributed by atoms with Gasteiger partial charge < -0.3 is 10.2 Å². The van der Waals surface area contributed by atoms with Gasteiger partial charge in [-0.15, -0.1) is 0 Å². The normalized spacial score (nSPS) is 16.4. The van der Waals surface area contributed by atoms with Gasteiger partial charge in [0.15, 0.2) is 0 Å². The molecule has 2 heterocycles. The van der Waals surface area contributed by atoms with E-state index in [0.717, 1.165) is 32.7 Å². The average molecular weight is 305 g/mol. The lowest BCUT2D eigenvalue weighted by molar-refractivity contribution is 0.0942. The molecule has 0 aromatic carbocycles. The predicted molar refractivity (Wildman–Crippen MR) is 88.1 cm³/mol. The molecule has 1 aliphatic heterocycles. The molecule has 1 aromatic rings. The summed E-state index contributed by atoms with van der Waals surface area (Å²) in [5, 5.41) is 2.84. The number of nitrogens with one attached hydrogen (secondary N) is 1. The van der Waals surface area contributed by atoms with Gasteiger partial charge in [-0.25, -0.2) is 9.97 Å². The maximum absolute atomic E-state index is 11.9. The SMILES string of the molecule is CC(C)CN1CCN(c2ncc(C(=O)NC(C)C)cn2)CC1. The molecule has 2 rings (SSSR count). The Kier molecular flexibility index (Phi) is 5.71. The zero-order valence-electron chi connectivity index (χ0n) is 14.0. The van der Waals surface area contributed by atoms with Crippen LogP contribution in [0.4, 0.5) is 5.95 Å². The van der Waals surface area contributed by atoms with E-state index in [-0.39, 0.29) is 11.9 Å². The standard InChI is InChI=1S/C16H27N5O/c1-12(2)11-20-5-7-21(8-6-20)16-17-9-14(10-18-16)15(22)19-13(3)4/h9-10,12-13H,5-8,11H2,1-4H3,(H,19,22). The van der Waals surface area contributed by atoms with Gasteiger partial charge in [-0.2, -0.15) is 0 Å². The molecule has 0 bridgehead atoms. The highest BCUT2D eigenvalue weighted by atomic mass is 16.1. The minimum atomic E-state index is -0.122. The average Bonchev–Trinajstić information content (AvgIpc) is 2.47. The molecular weight excluding hydrogens is 278 g/mol. The van der Waals surface area contributed by atoms with Crippen LogP contribution in [0.15, 0.2) is 12.4 Å². The summed E-state index contributed by atoms with van der Waals surface area (Å²) in [6, 6.07) is 0.112. The summed E-state index contributed by atoms with van der Waals surface area (Å²) in [4.78, 5) is 25.2. The number of piperazine rings is 1. The van der Waals surface area contributed by atoms with Gasteiger partial charge in [0, 0.05) is 51.2 Å². The van der Waals surface area contributed by atoms with Crippen LogP contribution in [-0.4, -0.2) is 59.5 Å². The number of carbonyl (C=O) groups is 1. The lowest BCUT2D eigenvalue weighted by atomic mass is 10.2. The quantitative estimate of drug-likeness (QED) is 0.891. The summed E-state index contributed by atoms with van der Waals surface area (Å²) in [6.07, 6.45) is 3.22. The van der Waals surface area contributed by atoms with E-state index in [1.807, 2.05) is 13.8 Å². The van der Waals surface area contributed by atoms with Crippen molar-refractivity contribution in [2.45, 2.75) is 33.7 Å². The van der Waals surface area contributed by atoms with Gasteiger partial charge in [0.25, 0.3) is 5.91 Å². The third-order valence-corrected chi connectivity index (χ3v) is 3.60. The van der Waals surface area contributed by atoms with Crippen LogP contribution in [0, 0.1) is 5.92 Å². The number of anilines is 1. The van der Waals surface area contributed by atoms with Crippen LogP contribution in [-0.2, 0) is 0 Å². The Labute approximate surface area is 132 Å². The van der Waals surface area contributed by atoms with E-state index in [1.165, 1.54) is 0 Å². The highest BCUT2D eigenvalue weighted by Crippen LogP contribution is 2.12. The molecule has 0 unspecified atom stereocenters. The van der Waals surface area contributed by atoms with E-state index in [9.17, 15) is 4.79 Å². The molecular formula is C16H27N5O. The molecule has 0 spiro atoms. The Morgan fingerprint density at radius 1 is 1.14 bits per heavy atom. The molecule has 1 N–H and O–H groups in total. The molecule has 1 saturated heterocycles. The predicted octanol–water partition coefficient (Wildman–Crippen LogP) is 1.39. The number of aromatic nitrogens is 2. The second-order valence-electron chi connectivity index (χ2n) is 6.58. The van der Waals surface area contributed by atoms with Gasteiger partial charge in [0.05, 0.1) is 5.56 Å². The molecule has 22 heavy (non-hydrogen) atoms. The van der Waals surface area contributed by atoms with Crippen molar-refractivity contribution < 1.29 is 4.79 Å². The van der Waals surface area contributed by atoms with Crippen molar-refractivity contribution in [3.63, 3.8) is 0 Å². The third kappa shape index (κ3) is 4.66. The van der Waals surface area contributed by atoms with E-state index >= 15 is 0 Å². The molecule has 1 aliphatic rings. The first-order chi connectivity index (χ1) is 10.5. The summed E-state index contributed by atoms with van der Waals surface area (Å²) < 4.78 is 0. The first-order valence-electron chi connectivity index (χ1n) is 8.06. The smallest absolute Gasteiger partial charge is 0.254 e. The van der Waals surface area contributed by atoms with E-state index in [2.05, 4.69) is 38.9 Å². The second kappa shape index (κ2) is 7.54. The molecule has 6 heteroatoms. The highest BCUT2D eigenvalue weighted by Gasteiger charge is 2.19. The summed E-state index contributed by atoms with van der Waals surface area (Å²) in [6.45, 7) is 13.5. The zero-order chi connectivity index (χ0) is 16.1. The molecule has 0 saturated carbocycles. The zero-order valence-corrected chi connectivity index (χ0v) is 14.0. The van der Waals surface area contributed by atoms with Crippen LogP contribution in [0.5, 0.6) is 0 Å². The number of amides is 1. The Balaban J connectivity index is 1.90. The van der Waals surface area contributed by atoms with Crippen LogP contribution in [0.2, 0.25) is 0 Å². The number of carbonyl (C=O) groups excluding carboxylic acids is 1. The molecule has 0 atom stereocenters. The molecule has 1 fully saturated rings. The Bertz CT molecular complexity index is 478. The maximum atomic E-state index is 11.9. The minimum absolute atomic E-state index is 0.112. The van der Waals surface area contributed by atoms with Gasteiger partial charge in [0.2, 0.25) is 5.95 Å². The van der Waals surface area contributed by atoms with E-state index in [1.54, 1.807) is 12.4 Å². The number of hydrogen-bond donors (Lipinski definition) is 1. The van der Waals surface area contributed by atoms with Crippen molar-refractivity contribution in [1.82, 2.24) is 20.2 Å². The Hall–Kier alpha value is -1.69. The number of nitrogens with zero attached hydrogens (tertiary/aromatic N) is 4. The maximum Gasteiger partial charge on any atom is 0.254 e. The van der Waals surface area contributed by atoms with E-state index in [0.29, 0.717) is 17.4 Å². The fourth-order valence-corrected chi connectivity index (χ4v) is 2.59. The lowest BCUT2D eigenvalue weighted by Gasteiger charge is -2.35. The van der Waals surface area contributed by atoms with Gasteiger partial charge in [0.1, 0.15) is 0 Å². The number of rotatable bonds is 5. The molecule has 0 radical (unpaired) electrons. The van der Waals surface area contributed by atoms with Crippen molar-refractivity contribution >= 4 is 11.9 Å². The summed E-state index contributed by atoms with van der Waals surface area (Å²) in [7, 11) is 0. The van der Waals surface area contributed by atoms with Crippen LogP contribution in [0.1, 0.15) is 38.1 Å². The number of hydrogen-bond acceptors (Lipinski definition) is 5. The summed E-state index contributed by atoms with van der Waals surface area (Å²) in [5.74, 6) is 1.29. The Morgan fingerprint density at radius 2 is 1.73 bits per heavy atom. The molecule has 0 aliphatic carbocycles.